The highest BCUT2D eigenvalue weighted by molar-refractivity contribution is 9.10. The molecule has 5 aromatic rings. The van der Waals surface area contributed by atoms with Crippen molar-refractivity contribution in [2.24, 2.45) is 0 Å². The van der Waals surface area contributed by atoms with E-state index in [1.54, 1.807) is 0 Å². The summed E-state index contributed by atoms with van der Waals surface area (Å²) in [6, 6.07) is 44.0. The van der Waals surface area contributed by atoms with Crippen LogP contribution in [0, 0.1) is 0 Å². The first-order valence-electron chi connectivity index (χ1n) is 10.8. The topological polar surface area (TPSA) is 3.24 Å². The first-order chi connectivity index (χ1) is 16.2. The highest BCUT2D eigenvalue weighted by atomic mass is 79.9. The SMILES string of the molecule is Clc1cc(Br)cc(N(c2ccccc2)c2c(-c3ccccc3)cccc2-c2ccccc2)c1. The molecule has 0 saturated heterocycles. The lowest BCUT2D eigenvalue weighted by Crippen LogP contribution is -2.12. The van der Waals surface area contributed by atoms with Crippen LogP contribution in [0.15, 0.2) is 132 Å². The number of benzene rings is 5. The molecular formula is C30H21BrClN. The first-order valence-corrected chi connectivity index (χ1v) is 11.9. The van der Waals surface area contributed by atoms with Crippen LogP contribution in [0.4, 0.5) is 17.1 Å². The summed E-state index contributed by atoms with van der Waals surface area (Å²) in [5.41, 5.74) is 7.78. The van der Waals surface area contributed by atoms with Gasteiger partial charge < -0.3 is 4.90 Å². The van der Waals surface area contributed by atoms with Gasteiger partial charge >= 0.3 is 0 Å². The Morgan fingerprint density at radius 2 is 1.03 bits per heavy atom. The van der Waals surface area contributed by atoms with Crippen LogP contribution in [-0.2, 0) is 0 Å². The van der Waals surface area contributed by atoms with E-state index in [2.05, 4.69) is 118 Å². The molecule has 0 heterocycles. The average molecular weight is 511 g/mol. The molecule has 0 aliphatic rings. The number of para-hydroxylation sites is 2. The molecule has 0 aliphatic carbocycles. The van der Waals surface area contributed by atoms with E-state index in [4.69, 9.17) is 11.6 Å². The Labute approximate surface area is 208 Å². The van der Waals surface area contributed by atoms with Gasteiger partial charge in [-0.05, 0) is 41.5 Å². The Morgan fingerprint density at radius 1 is 0.515 bits per heavy atom. The van der Waals surface area contributed by atoms with Gasteiger partial charge in [-0.2, -0.15) is 0 Å². The summed E-state index contributed by atoms with van der Waals surface area (Å²) in [6.07, 6.45) is 0. The standard InChI is InChI=1S/C30H21BrClN/c31-24-19-25(32)21-27(20-24)33(26-15-8-3-9-16-26)30-28(22-11-4-1-5-12-22)17-10-18-29(30)23-13-6-2-7-14-23/h1-21H. The molecule has 0 bridgehead atoms. The number of halogens is 2. The van der Waals surface area contributed by atoms with E-state index in [0.29, 0.717) is 5.02 Å². The van der Waals surface area contributed by atoms with Crippen LogP contribution in [0.2, 0.25) is 5.02 Å². The largest absolute Gasteiger partial charge is 0.309 e. The minimum Gasteiger partial charge on any atom is -0.309 e. The molecule has 0 N–H and O–H groups in total. The fraction of sp³-hybridized carbons (Fsp3) is 0. The van der Waals surface area contributed by atoms with E-state index in [1.165, 1.54) is 0 Å². The summed E-state index contributed by atoms with van der Waals surface area (Å²) in [5.74, 6) is 0. The Hall–Kier alpha value is -3.33. The van der Waals surface area contributed by atoms with Gasteiger partial charge in [-0.1, -0.05) is 125 Å². The number of anilines is 3. The van der Waals surface area contributed by atoms with Crippen LogP contribution in [0.25, 0.3) is 22.3 Å². The van der Waals surface area contributed by atoms with Crippen LogP contribution in [0.1, 0.15) is 0 Å². The predicted molar refractivity (Wildman–Crippen MR) is 145 cm³/mol. The molecule has 0 aromatic heterocycles. The van der Waals surface area contributed by atoms with Crippen molar-refractivity contribution in [3.8, 4) is 22.3 Å². The highest BCUT2D eigenvalue weighted by Gasteiger charge is 2.22. The van der Waals surface area contributed by atoms with Gasteiger partial charge in [-0.3, -0.25) is 0 Å². The third-order valence-corrected chi connectivity index (χ3v) is 6.23. The van der Waals surface area contributed by atoms with Crippen LogP contribution in [-0.4, -0.2) is 0 Å². The van der Waals surface area contributed by atoms with Gasteiger partial charge in [-0.15, -0.1) is 0 Å². The summed E-state index contributed by atoms with van der Waals surface area (Å²) < 4.78 is 0.935. The number of nitrogens with zero attached hydrogens (tertiary/aromatic N) is 1. The van der Waals surface area contributed by atoms with Crippen molar-refractivity contribution >= 4 is 44.6 Å². The van der Waals surface area contributed by atoms with Crippen molar-refractivity contribution in [3.63, 3.8) is 0 Å². The van der Waals surface area contributed by atoms with E-state index < -0.39 is 0 Å². The fourth-order valence-electron chi connectivity index (χ4n) is 4.14. The molecule has 1 nitrogen and oxygen atoms in total. The zero-order valence-electron chi connectivity index (χ0n) is 17.8. The van der Waals surface area contributed by atoms with Crippen LogP contribution >= 0.6 is 27.5 Å². The summed E-state index contributed by atoms with van der Waals surface area (Å²) in [6.45, 7) is 0. The third kappa shape index (κ3) is 4.59. The van der Waals surface area contributed by atoms with Crippen LogP contribution in [0.5, 0.6) is 0 Å². The van der Waals surface area contributed by atoms with Crippen molar-refractivity contribution < 1.29 is 0 Å². The molecule has 0 radical (unpaired) electrons. The smallest absolute Gasteiger partial charge is 0.0618 e. The highest BCUT2D eigenvalue weighted by Crippen LogP contribution is 2.47. The van der Waals surface area contributed by atoms with Gasteiger partial charge in [0, 0.05) is 32.0 Å². The van der Waals surface area contributed by atoms with Crippen molar-refractivity contribution in [3.05, 3.63) is 137 Å². The third-order valence-electron chi connectivity index (χ3n) is 5.55. The predicted octanol–water partition coefficient (Wildman–Crippen LogP) is 9.91. The van der Waals surface area contributed by atoms with Crippen molar-refractivity contribution in [2.75, 3.05) is 4.90 Å². The van der Waals surface area contributed by atoms with Crippen LogP contribution < -0.4 is 4.90 Å². The van der Waals surface area contributed by atoms with Gasteiger partial charge in [0.15, 0.2) is 0 Å². The van der Waals surface area contributed by atoms with Gasteiger partial charge in [0.2, 0.25) is 0 Å². The molecule has 0 unspecified atom stereocenters. The van der Waals surface area contributed by atoms with Crippen LogP contribution in [0.3, 0.4) is 0 Å². The average Bonchev–Trinajstić information content (AvgIpc) is 2.85. The quantitative estimate of drug-likeness (QED) is 0.227. The molecule has 0 spiro atoms. The molecule has 0 amide bonds. The lowest BCUT2D eigenvalue weighted by atomic mass is 9.94. The monoisotopic (exact) mass is 509 g/mol. The summed E-state index contributed by atoms with van der Waals surface area (Å²) in [7, 11) is 0. The Bertz CT molecular complexity index is 1290. The Morgan fingerprint density at radius 3 is 1.55 bits per heavy atom. The second-order valence-corrected chi connectivity index (χ2v) is 9.08. The molecule has 0 atom stereocenters. The lowest BCUT2D eigenvalue weighted by molar-refractivity contribution is 1.28. The summed E-state index contributed by atoms with van der Waals surface area (Å²) in [5, 5.41) is 0.679. The molecule has 5 rings (SSSR count). The maximum atomic E-state index is 6.53. The zero-order chi connectivity index (χ0) is 22.6. The molecule has 160 valence electrons. The van der Waals surface area contributed by atoms with Gasteiger partial charge in [-0.25, -0.2) is 0 Å². The van der Waals surface area contributed by atoms with Gasteiger partial charge in [0.1, 0.15) is 0 Å². The van der Waals surface area contributed by atoms with Crippen molar-refractivity contribution in [1.29, 1.82) is 0 Å². The number of rotatable bonds is 5. The minimum atomic E-state index is 0.679. The van der Waals surface area contributed by atoms with E-state index in [9.17, 15) is 0 Å². The number of hydrogen-bond donors (Lipinski definition) is 0. The number of hydrogen-bond acceptors (Lipinski definition) is 1. The molecular weight excluding hydrogens is 490 g/mol. The second-order valence-electron chi connectivity index (χ2n) is 7.73. The van der Waals surface area contributed by atoms with Gasteiger partial charge in [0.25, 0.3) is 0 Å². The van der Waals surface area contributed by atoms with E-state index in [1.807, 2.05) is 30.3 Å². The van der Waals surface area contributed by atoms with Crippen molar-refractivity contribution in [1.82, 2.24) is 0 Å². The first kappa shape index (κ1) is 21.5. The minimum absolute atomic E-state index is 0.679. The normalized spacial score (nSPS) is 10.7. The van der Waals surface area contributed by atoms with E-state index in [-0.39, 0.29) is 0 Å². The van der Waals surface area contributed by atoms with E-state index >= 15 is 0 Å². The molecule has 3 heteroatoms. The van der Waals surface area contributed by atoms with E-state index in [0.717, 1.165) is 43.8 Å². The Balaban J connectivity index is 1.87. The lowest BCUT2D eigenvalue weighted by Gasteiger charge is -2.30. The van der Waals surface area contributed by atoms with Crippen molar-refractivity contribution in [2.45, 2.75) is 0 Å². The molecule has 0 aliphatic heterocycles. The molecule has 0 fully saturated rings. The molecule has 0 saturated carbocycles. The zero-order valence-corrected chi connectivity index (χ0v) is 20.2. The maximum Gasteiger partial charge on any atom is 0.0618 e. The fourth-order valence-corrected chi connectivity index (χ4v) is 4.98. The molecule has 33 heavy (non-hydrogen) atoms. The summed E-state index contributed by atoms with van der Waals surface area (Å²) in [4.78, 5) is 2.29. The van der Waals surface area contributed by atoms with Gasteiger partial charge in [0.05, 0.1) is 5.69 Å². The Kier molecular flexibility index (Phi) is 6.30. The molecule has 5 aromatic carbocycles. The second kappa shape index (κ2) is 9.66. The maximum absolute atomic E-state index is 6.53. The summed E-state index contributed by atoms with van der Waals surface area (Å²) >= 11 is 10.2.